The molecule has 0 bridgehead atoms. The number of carbonyl (C=O) groups is 2. The molecule has 8 nitrogen and oxygen atoms in total. The van der Waals surface area contributed by atoms with Crippen molar-refractivity contribution in [3.63, 3.8) is 0 Å². The summed E-state index contributed by atoms with van der Waals surface area (Å²) in [5.74, 6) is 0.721. The first-order chi connectivity index (χ1) is 16.1. The van der Waals surface area contributed by atoms with Gasteiger partial charge in [-0.05, 0) is 24.6 Å². The van der Waals surface area contributed by atoms with Crippen LogP contribution < -0.4 is 20.8 Å². The summed E-state index contributed by atoms with van der Waals surface area (Å²) in [5.41, 5.74) is 0.984. The minimum Gasteiger partial charge on any atom is -0.456 e. The zero-order valence-corrected chi connectivity index (χ0v) is 18.6. The molecule has 8 heteroatoms. The molecule has 0 aliphatic heterocycles. The predicted molar refractivity (Wildman–Crippen MR) is 125 cm³/mol. The predicted octanol–water partition coefficient (Wildman–Crippen LogP) is 3.87. The Kier molecular flexibility index (Phi) is 9.02. The molecule has 0 fully saturated rings. The van der Waals surface area contributed by atoms with Gasteiger partial charge < -0.3 is 24.5 Å². The Morgan fingerprint density at radius 2 is 1.73 bits per heavy atom. The van der Waals surface area contributed by atoms with Crippen molar-refractivity contribution in [2.45, 2.75) is 26.2 Å². The van der Waals surface area contributed by atoms with E-state index >= 15 is 0 Å². The van der Waals surface area contributed by atoms with Gasteiger partial charge in [-0.15, -0.1) is 0 Å². The highest BCUT2D eigenvalue weighted by atomic mass is 16.6. The Hall–Kier alpha value is -3.65. The summed E-state index contributed by atoms with van der Waals surface area (Å²) >= 11 is 0. The van der Waals surface area contributed by atoms with Crippen LogP contribution in [0.4, 0.5) is 4.79 Å². The molecule has 33 heavy (non-hydrogen) atoms. The average molecular weight is 453 g/mol. The lowest BCUT2D eigenvalue weighted by atomic mass is 10.1. The van der Waals surface area contributed by atoms with Crippen LogP contribution in [0.1, 0.15) is 26.2 Å². The number of ether oxygens (including phenoxy) is 2. The highest BCUT2D eigenvalue weighted by molar-refractivity contribution is 5.81. The van der Waals surface area contributed by atoms with Crippen LogP contribution in [0.2, 0.25) is 0 Å². The van der Waals surface area contributed by atoms with E-state index in [1.807, 2.05) is 37.3 Å². The van der Waals surface area contributed by atoms with Gasteiger partial charge in [0.05, 0.1) is 18.6 Å². The maximum absolute atomic E-state index is 12.5. The van der Waals surface area contributed by atoms with Gasteiger partial charge in [0, 0.05) is 31.1 Å². The minimum atomic E-state index is -0.656. The Morgan fingerprint density at radius 3 is 2.48 bits per heavy atom. The Labute approximate surface area is 191 Å². The van der Waals surface area contributed by atoms with Crippen LogP contribution in [0.15, 0.2) is 63.8 Å². The summed E-state index contributed by atoms with van der Waals surface area (Å²) in [6.45, 7) is 3.35. The lowest BCUT2D eigenvalue weighted by Gasteiger charge is -2.09. The first-order valence-electron chi connectivity index (χ1n) is 11.0. The summed E-state index contributed by atoms with van der Waals surface area (Å²) < 4.78 is 16.5. The smallest absolute Gasteiger partial charge is 0.412 e. The fraction of sp³-hybridized carbons (Fsp3) is 0.320. The molecule has 1 heterocycles. The molecule has 2 aromatic carbocycles. The van der Waals surface area contributed by atoms with Gasteiger partial charge >= 0.3 is 6.09 Å². The van der Waals surface area contributed by atoms with E-state index < -0.39 is 6.09 Å². The van der Waals surface area contributed by atoms with Gasteiger partial charge in [0.25, 0.3) is 0 Å². The number of nitrogens with one attached hydrogen (secondary N) is 2. The second-order valence-electron chi connectivity index (χ2n) is 7.38. The van der Waals surface area contributed by atoms with E-state index in [9.17, 15) is 14.4 Å². The standard InChI is InChI=1S/C25H28N2O6/c1-2-3-9-24(29)26-12-14-31-15-13-27-25(30)32-19-10-11-22-20(16-19)21(28)17-23(33-22)18-7-5-4-6-8-18/h4-8,10-11,16-17H,2-3,9,12-15H2,1H3,(H,26,29)(H,27,30). The summed E-state index contributed by atoms with van der Waals surface area (Å²) in [4.78, 5) is 36.0. The number of fused-ring (bicyclic) bond motifs is 1. The molecular weight excluding hydrogens is 424 g/mol. The van der Waals surface area contributed by atoms with Crippen LogP contribution in [-0.2, 0) is 9.53 Å². The molecule has 0 saturated carbocycles. The number of amides is 2. The molecule has 0 unspecified atom stereocenters. The quantitative estimate of drug-likeness (QED) is 0.428. The molecule has 0 spiro atoms. The zero-order chi connectivity index (χ0) is 23.5. The summed E-state index contributed by atoms with van der Waals surface area (Å²) in [6, 6.07) is 15.4. The van der Waals surface area contributed by atoms with Gasteiger partial charge in [-0.25, -0.2) is 4.79 Å². The molecule has 0 aliphatic carbocycles. The first kappa shape index (κ1) is 24.0. The number of unbranched alkanes of at least 4 members (excludes halogenated alkanes) is 1. The van der Waals surface area contributed by atoms with Crippen LogP contribution in [0, 0.1) is 0 Å². The molecule has 0 saturated heterocycles. The lowest BCUT2D eigenvalue weighted by Crippen LogP contribution is -2.31. The van der Waals surface area contributed by atoms with E-state index in [-0.39, 0.29) is 30.2 Å². The van der Waals surface area contributed by atoms with Crippen molar-refractivity contribution < 1.29 is 23.5 Å². The Morgan fingerprint density at radius 1 is 0.970 bits per heavy atom. The van der Waals surface area contributed by atoms with E-state index in [1.54, 1.807) is 12.1 Å². The number of benzene rings is 2. The van der Waals surface area contributed by atoms with E-state index in [4.69, 9.17) is 13.9 Å². The minimum absolute atomic E-state index is 0.0165. The summed E-state index contributed by atoms with van der Waals surface area (Å²) in [5, 5.41) is 5.67. The van der Waals surface area contributed by atoms with Crippen LogP contribution in [-0.4, -0.2) is 38.3 Å². The topological polar surface area (TPSA) is 107 Å². The number of hydrogen-bond donors (Lipinski definition) is 2. The fourth-order valence-electron chi connectivity index (χ4n) is 3.10. The third-order valence-corrected chi connectivity index (χ3v) is 4.81. The molecule has 0 aliphatic rings. The number of rotatable bonds is 11. The monoisotopic (exact) mass is 452 g/mol. The third-order valence-electron chi connectivity index (χ3n) is 4.81. The third kappa shape index (κ3) is 7.47. The van der Waals surface area contributed by atoms with Gasteiger partial charge in [-0.1, -0.05) is 43.7 Å². The van der Waals surface area contributed by atoms with Crippen molar-refractivity contribution >= 4 is 23.0 Å². The molecule has 1 aromatic heterocycles. The lowest BCUT2D eigenvalue weighted by molar-refractivity contribution is -0.121. The SMILES string of the molecule is CCCCC(=O)NCCOCCNC(=O)Oc1ccc2oc(-c3ccccc3)cc(=O)c2c1. The first-order valence-corrected chi connectivity index (χ1v) is 11.0. The summed E-state index contributed by atoms with van der Waals surface area (Å²) in [7, 11) is 0. The van der Waals surface area contributed by atoms with E-state index in [0.717, 1.165) is 18.4 Å². The molecule has 3 rings (SSSR count). The van der Waals surface area contributed by atoms with E-state index in [0.29, 0.717) is 36.3 Å². The molecule has 2 amide bonds. The number of hydrogen-bond acceptors (Lipinski definition) is 6. The molecule has 2 N–H and O–H groups in total. The van der Waals surface area contributed by atoms with E-state index in [2.05, 4.69) is 10.6 Å². The Bertz CT molecular complexity index is 1130. The maximum Gasteiger partial charge on any atom is 0.412 e. The van der Waals surface area contributed by atoms with Gasteiger partial charge in [0.1, 0.15) is 17.1 Å². The van der Waals surface area contributed by atoms with Crippen molar-refractivity contribution in [2.24, 2.45) is 0 Å². The summed E-state index contributed by atoms with van der Waals surface area (Å²) in [6.07, 6.45) is 1.72. The second-order valence-corrected chi connectivity index (χ2v) is 7.38. The average Bonchev–Trinajstić information content (AvgIpc) is 2.83. The van der Waals surface area contributed by atoms with Gasteiger partial charge in [0.2, 0.25) is 5.91 Å². The van der Waals surface area contributed by atoms with Crippen molar-refractivity contribution in [3.05, 3.63) is 64.8 Å². The molecule has 3 aromatic rings. The van der Waals surface area contributed by atoms with E-state index in [1.165, 1.54) is 12.1 Å². The van der Waals surface area contributed by atoms with Gasteiger partial charge in [-0.2, -0.15) is 0 Å². The van der Waals surface area contributed by atoms with Crippen LogP contribution >= 0.6 is 0 Å². The van der Waals surface area contributed by atoms with Crippen molar-refractivity contribution in [3.8, 4) is 17.1 Å². The highest BCUT2D eigenvalue weighted by Gasteiger charge is 2.10. The molecular formula is C25H28N2O6. The molecule has 0 atom stereocenters. The van der Waals surface area contributed by atoms with Gasteiger partial charge in [0.15, 0.2) is 5.43 Å². The van der Waals surface area contributed by atoms with Crippen molar-refractivity contribution in [1.29, 1.82) is 0 Å². The normalized spacial score (nSPS) is 10.7. The van der Waals surface area contributed by atoms with Crippen molar-refractivity contribution in [1.82, 2.24) is 10.6 Å². The van der Waals surface area contributed by atoms with Crippen LogP contribution in [0.25, 0.3) is 22.3 Å². The second kappa shape index (κ2) is 12.4. The van der Waals surface area contributed by atoms with Crippen molar-refractivity contribution in [2.75, 3.05) is 26.3 Å². The fourth-order valence-corrected chi connectivity index (χ4v) is 3.10. The van der Waals surface area contributed by atoms with Crippen LogP contribution in [0.5, 0.6) is 5.75 Å². The van der Waals surface area contributed by atoms with Gasteiger partial charge in [-0.3, -0.25) is 9.59 Å². The molecule has 174 valence electrons. The highest BCUT2D eigenvalue weighted by Crippen LogP contribution is 2.24. The maximum atomic E-state index is 12.5. The van der Waals surface area contributed by atoms with Crippen LogP contribution in [0.3, 0.4) is 0 Å². The largest absolute Gasteiger partial charge is 0.456 e. The number of carbonyl (C=O) groups excluding carboxylic acids is 2. The Balaban J connectivity index is 1.44. The molecule has 0 radical (unpaired) electrons. The zero-order valence-electron chi connectivity index (χ0n) is 18.6.